The standard InChI is InChI=1S/C14H10N6O2/c21-20(22)11-5-6-14(15-8-11)19-17-9-13-12-4-2-1-3-10(12)7-16-18-13/h1-9H,(H,15,19). The van der Waals surface area contributed by atoms with Crippen molar-refractivity contribution >= 4 is 28.5 Å². The van der Waals surface area contributed by atoms with Crippen LogP contribution in [0.5, 0.6) is 0 Å². The average molecular weight is 294 g/mol. The summed E-state index contributed by atoms with van der Waals surface area (Å²) < 4.78 is 0. The molecule has 0 aliphatic carbocycles. The van der Waals surface area contributed by atoms with E-state index in [0.29, 0.717) is 11.5 Å². The van der Waals surface area contributed by atoms with Crippen molar-refractivity contribution in [2.75, 3.05) is 5.43 Å². The van der Waals surface area contributed by atoms with Gasteiger partial charge < -0.3 is 0 Å². The number of nitro groups is 1. The summed E-state index contributed by atoms with van der Waals surface area (Å²) >= 11 is 0. The van der Waals surface area contributed by atoms with Crippen LogP contribution >= 0.6 is 0 Å². The molecule has 0 bridgehead atoms. The Labute approximate surface area is 124 Å². The third-order valence-electron chi connectivity index (χ3n) is 2.92. The Balaban J connectivity index is 1.77. The van der Waals surface area contributed by atoms with Crippen LogP contribution in [0.15, 0.2) is 53.9 Å². The molecular weight excluding hydrogens is 284 g/mol. The summed E-state index contributed by atoms with van der Waals surface area (Å²) in [6, 6.07) is 10.5. The minimum atomic E-state index is -0.508. The summed E-state index contributed by atoms with van der Waals surface area (Å²) in [4.78, 5) is 13.9. The zero-order valence-corrected chi connectivity index (χ0v) is 11.2. The van der Waals surface area contributed by atoms with Gasteiger partial charge in [0.25, 0.3) is 5.69 Å². The molecule has 0 unspecified atom stereocenters. The van der Waals surface area contributed by atoms with Gasteiger partial charge in [-0.1, -0.05) is 24.3 Å². The highest BCUT2D eigenvalue weighted by Gasteiger charge is 2.04. The zero-order chi connectivity index (χ0) is 15.4. The van der Waals surface area contributed by atoms with Crippen LogP contribution in [-0.4, -0.2) is 26.3 Å². The number of hydrogen-bond acceptors (Lipinski definition) is 7. The lowest BCUT2D eigenvalue weighted by atomic mass is 10.1. The lowest BCUT2D eigenvalue weighted by molar-refractivity contribution is -0.385. The van der Waals surface area contributed by atoms with Crippen LogP contribution in [-0.2, 0) is 0 Å². The van der Waals surface area contributed by atoms with E-state index in [1.165, 1.54) is 18.3 Å². The van der Waals surface area contributed by atoms with Crippen molar-refractivity contribution in [3.05, 3.63) is 64.6 Å². The Kier molecular flexibility index (Phi) is 3.65. The van der Waals surface area contributed by atoms with Crippen LogP contribution in [0.2, 0.25) is 0 Å². The zero-order valence-electron chi connectivity index (χ0n) is 11.2. The molecule has 3 rings (SSSR count). The van der Waals surface area contributed by atoms with Crippen LogP contribution in [0, 0.1) is 10.1 Å². The van der Waals surface area contributed by atoms with Crippen molar-refractivity contribution in [3.63, 3.8) is 0 Å². The number of rotatable bonds is 4. The summed E-state index contributed by atoms with van der Waals surface area (Å²) in [6.07, 6.45) is 4.37. The topological polar surface area (TPSA) is 106 Å². The Bertz CT molecular complexity index is 842. The van der Waals surface area contributed by atoms with Crippen molar-refractivity contribution in [2.45, 2.75) is 0 Å². The molecular formula is C14H10N6O2. The predicted octanol–water partition coefficient (Wildman–Crippen LogP) is 2.38. The van der Waals surface area contributed by atoms with Crippen molar-refractivity contribution < 1.29 is 4.92 Å². The molecule has 3 aromatic rings. The van der Waals surface area contributed by atoms with Gasteiger partial charge in [-0.2, -0.15) is 10.2 Å². The third-order valence-corrected chi connectivity index (χ3v) is 2.92. The molecule has 108 valence electrons. The van der Waals surface area contributed by atoms with Crippen molar-refractivity contribution in [3.8, 4) is 0 Å². The average Bonchev–Trinajstić information content (AvgIpc) is 2.55. The molecule has 0 fully saturated rings. The molecule has 22 heavy (non-hydrogen) atoms. The number of anilines is 1. The number of hydrazone groups is 1. The van der Waals surface area contributed by atoms with Crippen LogP contribution in [0.25, 0.3) is 10.8 Å². The van der Waals surface area contributed by atoms with Gasteiger partial charge in [0, 0.05) is 16.8 Å². The highest BCUT2D eigenvalue weighted by molar-refractivity contribution is 5.97. The first kappa shape index (κ1) is 13.6. The second-order valence-corrected chi connectivity index (χ2v) is 4.35. The first-order valence-corrected chi connectivity index (χ1v) is 6.34. The van der Waals surface area contributed by atoms with E-state index in [2.05, 4.69) is 25.7 Å². The molecule has 2 heterocycles. The van der Waals surface area contributed by atoms with E-state index in [9.17, 15) is 10.1 Å². The Morgan fingerprint density at radius 1 is 1.18 bits per heavy atom. The normalized spacial score (nSPS) is 10.9. The van der Waals surface area contributed by atoms with Crippen LogP contribution < -0.4 is 5.43 Å². The summed E-state index contributed by atoms with van der Waals surface area (Å²) in [5.74, 6) is 0.398. The van der Waals surface area contributed by atoms with Crippen molar-refractivity contribution in [1.82, 2.24) is 15.2 Å². The minimum absolute atomic E-state index is 0.0746. The third kappa shape index (κ3) is 2.85. The molecule has 0 saturated heterocycles. The molecule has 1 N–H and O–H groups in total. The van der Waals surface area contributed by atoms with Crippen LogP contribution in [0.4, 0.5) is 11.5 Å². The Morgan fingerprint density at radius 2 is 2.05 bits per heavy atom. The maximum atomic E-state index is 10.5. The number of nitrogens with zero attached hydrogens (tertiary/aromatic N) is 5. The van der Waals surface area contributed by atoms with Gasteiger partial charge in [0.1, 0.15) is 17.7 Å². The molecule has 0 radical (unpaired) electrons. The number of benzene rings is 1. The monoisotopic (exact) mass is 294 g/mol. The molecule has 2 aromatic heterocycles. The Morgan fingerprint density at radius 3 is 2.82 bits per heavy atom. The molecule has 8 heteroatoms. The van der Waals surface area contributed by atoms with Gasteiger partial charge in [-0.15, -0.1) is 5.10 Å². The van der Waals surface area contributed by atoms with E-state index in [1.807, 2.05) is 24.3 Å². The molecule has 0 spiro atoms. The van der Waals surface area contributed by atoms with E-state index < -0.39 is 4.92 Å². The second kappa shape index (κ2) is 5.92. The predicted molar refractivity (Wildman–Crippen MR) is 81.6 cm³/mol. The fraction of sp³-hybridized carbons (Fsp3) is 0. The number of nitrogens with one attached hydrogen (secondary N) is 1. The smallest absolute Gasteiger partial charge is 0.261 e. The first-order valence-electron chi connectivity index (χ1n) is 6.34. The lowest BCUT2D eigenvalue weighted by Crippen LogP contribution is -1.97. The second-order valence-electron chi connectivity index (χ2n) is 4.35. The number of hydrogen-bond donors (Lipinski definition) is 1. The summed E-state index contributed by atoms with van der Waals surface area (Å²) in [5, 5.41) is 24.4. The largest absolute Gasteiger partial charge is 0.287 e. The van der Waals surface area contributed by atoms with Crippen molar-refractivity contribution in [1.29, 1.82) is 0 Å². The van der Waals surface area contributed by atoms with Gasteiger partial charge in [-0.3, -0.25) is 15.5 Å². The van der Waals surface area contributed by atoms with E-state index in [0.717, 1.165) is 17.0 Å². The molecule has 1 aromatic carbocycles. The molecule has 0 atom stereocenters. The van der Waals surface area contributed by atoms with Crippen molar-refractivity contribution in [2.24, 2.45) is 5.10 Å². The number of pyridine rings is 1. The van der Waals surface area contributed by atoms with E-state index in [1.54, 1.807) is 6.20 Å². The van der Waals surface area contributed by atoms with E-state index >= 15 is 0 Å². The van der Waals surface area contributed by atoms with Gasteiger partial charge >= 0.3 is 0 Å². The molecule has 0 aliphatic heterocycles. The Hall–Kier alpha value is -3.42. The fourth-order valence-corrected chi connectivity index (χ4v) is 1.87. The number of aromatic nitrogens is 3. The summed E-state index contributed by atoms with van der Waals surface area (Å²) in [7, 11) is 0. The fourth-order valence-electron chi connectivity index (χ4n) is 1.87. The van der Waals surface area contributed by atoms with Crippen LogP contribution in [0.3, 0.4) is 0 Å². The molecule has 0 amide bonds. The SMILES string of the molecule is O=[N+]([O-])c1ccc(NN=Cc2nncc3ccccc23)nc1. The minimum Gasteiger partial charge on any atom is -0.261 e. The summed E-state index contributed by atoms with van der Waals surface area (Å²) in [5.41, 5.74) is 3.24. The molecule has 8 nitrogen and oxygen atoms in total. The highest BCUT2D eigenvalue weighted by atomic mass is 16.6. The maximum absolute atomic E-state index is 10.5. The number of fused-ring (bicyclic) bond motifs is 1. The van der Waals surface area contributed by atoms with E-state index in [-0.39, 0.29) is 5.69 Å². The van der Waals surface area contributed by atoms with Gasteiger partial charge in [-0.25, -0.2) is 4.98 Å². The van der Waals surface area contributed by atoms with Gasteiger partial charge in [0.15, 0.2) is 0 Å². The van der Waals surface area contributed by atoms with Gasteiger partial charge in [0.2, 0.25) is 0 Å². The highest BCUT2D eigenvalue weighted by Crippen LogP contribution is 2.14. The molecule has 0 aliphatic rings. The molecule has 0 saturated carbocycles. The summed E-state index contributed by atoms with van der Waals surface area (Å²) in [6.45, 7) is 0. The van der Waals surface area contributed by atoms with Gasteiger partial charge in [0.05, 0.1) is 17.3 Å². The quantitative estimate of drug-likeness (QED) is 0.450. The van der Waals surface area contributed by atoms with E-state index in [4.69, 9.17) is 0 Å². The lowest BCUT2D eigenvalue weighted by Gasteiger charge is -2.00. The van der Waals surface area contributed by atoms with Gasteiger partial charge in [-0.05, 0) is 6.07 Å². The first-order chi connectivity index (χ1) is 10.7. The maximum Gasteiger partial charge on any atom is 0.287 e. The van der Waals surface area contributed by atoms with Crippen LogP contribution in [0.1, 0.15) is 5.69 Å².